The maximum Gasteiger partial charge on any atom is 0.269 e. The number of carbonyl (C=O) groups excluding carboxylic acids is 2. The molecular formula is C17H23N3O4. The Morgan fingerprint density at radius 2 is 1.75 bits per heavy atom. The molecule has 0 aliphatic heterocycles. The fourth-order valence-corrected chi connectivity index (χ4v) is 2.86. The van der Waals surface area contributed by atoms with E-state index in [1.807, 2.05) is 0 Å². The predicted molar refractivity (Wildman–Crippen MR) is 89.6 cm³/mol. The zero-order valence-corrected chi connectivity index (χ0v) is 13.6. The number of hydrogen-bond acceptors (Lipinski definition) is 4. The molecule has 2 rings (SSSR count). The van der Waals surface area contributed by atoms with Crippen molar-refractivity contribution in [2.45, 2.75) is 38.5 Å². The van der Waals surface area contributed by atoms with Crippen molar-refractivity contribution in [1.29, 1.82) is 0 Å². The minimum Gasteiger partial charge on any atom is -0.356 e. The van der Waals surface area contributed by atoms with Gasteiger partial charge in [-0.2, -0.15) is 0 Å². The lowest BCUT2D eigenvalue weighted by molar-refractivity contribution is -0.384. The van der Waals surface area contributed by atoms with Crippen LogP contribution in [0.25, 0.3) is 0 Å². The first kappa shape index (κ1) is 17.9. The van der Waals surface area contributed by atoms with Crippen molar-refractivity contribution in [2.75, 3.05) is 13.1 Å². The molecule has 1 aromatic carbocycles. The SMILES string of the molecule is O=C(CCNC(=O)c1ccc([N+](=O)[O-])cc1)NCC1CCCCC1. The average Bonchev–Trinajstić information content (AvgIpc) is 2.61. The van der Waals surface area contributed by atoms with Crippen LogP contribution >= 0.6 is 0 Å². The number of non-ortho nitro benzene ring substituents is 1. The molecule has 7 heteroatoms. The number of carbonyl (C=O) groups is 2. The summed E-state index contributed by atoms with van der Waals surface area (Å²) in [7, 11) is 0. The minimum atomic E-state index is -0.516. The summed E-state index contributed by atoms with van der Waals surface area (Å²) in [5.74, 6) is 0.173. The van der Waals surface area contributed by atoms with E-state index >= 15 is 0 Å². The van der Waals surface area contributed by atoms with Crippen LogP contribution in [0.4, 0.5) is 5.69 Å². The highest BCUT2D eigenvalue weighted by Crippen LogP contribution is 2.22. The number of benzene rings is 1. The van der Waals surface area contributed by atoms with Crippen molar-refractivity contribution in [2.24, 2.45) is 5.92 Å². The molecule has 0 heterocycles. The highest BCUT2D eigenvalue weighted by atomic mass is 16.6. The summed E-state index contributed by atoms with van der Waals surface area (Å²) in [6.07, 6.45) is 6.36. The van der Waals surface area contributed by atoms with Gasteiger partial charge in [0.05, 0.1) is 4.92 Å². The molecule has 0 atom stereocenters. The molecule has 7 nitrogen and oxygen atoms in total. The summed E-state index contributed by atoms with van der Waals surface area (Å²) in [6.45, 7) is 0.960. The normalized spacial score (nSPS) is 14.8. The van der Waals surface area contributed by atoms with E-state index in [0.717, 1.165) is 6.54 Å². The van der Waals surface area contributed by atoms with Crippen LogP contribution in [-0.4, -0.2) is 29.8 Å². The number of nitro groups is 1. The molecule has 24 heavy (non-hydrogen) atoms. The molecule has 0 saturated heterocycles. The number of hydrogen-bond donors (Lipinski definition) is 2. The molecule has 130 valence electrons. The largest absolute Gasteiger partial charge is 0.356 e. The van der Waals surface area contributed by atoms with E-state index in [4.69, 9.17) is 0 Å². The van der Waals surface area contributed by atoms with E-state index < -0.39 is 4.92 Å². The van der Waals surface area contributed by atoms with Gasteiger partial charge in [0.2, 0.25) is 5.91 Å². The van der Waals surface area contributed by atoms with Gasteiger partial charge < -0.3 is 10.6 Å². The van der Waals surface area contributed by atoms with Crippen LogP contribution in [0.15, 0.2) is 24.3 Å². The van der Waals surface area contributed by atoms with Gasteiger partial charge in [0, 0.05) is 37.2 Å². The average molecular weight is 333 g/mol. The fraction of sp³-hybridized carbons (Fsp3) is 0.529. The molecule has 1 aromatic rings. The molecule has 1 aliphatic rings. The van der Waals surface area contributed by atoms with Gasteiger partial charge in [-0.3, -0.25) is 19.7 Å². The summed E-state index contributed by atoms with van der Waals surface area (Å²) in [6, 6.07) is 5.37. The summed E-state index contributed by atoms with van der Waals surface area (Å²) in [5.41, 5.74) is 0.275. The first-order chi connectivity index (χ1) is 11.6. The predicted octanol–water partition coefficient (Wildman–Crippen LogP) is 2.41. The van der Waals surface area contributed by atoms with Crippen molar-refractivity contribution in [3.8, 4) is 0 Å². The van der Waals surface area contributed by atoms with E-state index in [-0.39, 0.29) is 30.5 Å². The second-order valence-electron chi connectivity index (χ2n) is 6.12. The first-order valence-electron chi connectivity index (χ1n) is 8.35. The Kier molecular flexibility index (Phi) is 6.72. The quantitative estimate of drug-likeness (QED) is 0.591. The van der Waals surface area contributed by atoms with Crippen LogP contribution < -0.4 is 10.6 Å². The highest BCUT2D eigenvalue weighted by Gasteiger charge is 2.14. The Bertz CT molecular complexity index is 580. The maximum absolute atomic E-state index is 11.9. The molecule has 0 bridgehead atoms. The molecule has 0 spiro atoms. The van der Waals surface area contributed by atoms with Gasteiger partial charge in [-0.05, 0) is 30.9 Å². The second kappa shape index (κ2) is 9.00. The number of nitro benzene ring substituents is 1. The number of amides is 2. The molecule has 0 unspecified atom stereocenters. The maximum atomic E-state index is 11.9. The molecular weight excluding hydrogens is 310 g/mol. The van der Waals surface area contributed by atoms with Crippen molar-refractivity contribution in [3.05, 3.63) is 39.9 Å². The van der Waals surface area contributed by atoms with E-state index in [9.17, 15) is 19.7 Å². The topological polar surface area (TPSA) is 101 Å². The minimum absolute atomic E-state index is 0.0614. The number of nitrogens with zero attached hydrogens (tertiary/aromatic N) is 1. The zero-order valence-electron chi connectivity index (χ0n) is 13.6. The van der Waals surface area contributed by atoms with E-state index in [2.05, 4.69) is 10.6 Å². The van der Waals surface area contributed by atoms with Crippen LogP contribution in [0.3, 0.4) is 0 Å². The third kappa shape index (κ3) is 5.64. The molecule has 2 N–H and O–H groups in total. The molecule has 0 radical (unpaired) electrons. The van der Waals surface area contributed by atoms with Crippen LogP contribution in [0.5, 0.6) is 0 Å². The fourth-order valence-electron chi connectivity index (χ4n) is 2.86. The summed E-state index contributed by atoms with van der Waals surface area (Å²) >= 11 is 0. The standard InChI is InChI=1S/C17H23N3O4/c21-16(19-12-13-4-2-1-3-5-13)10-11-18-17(22)14-6-8-15(9-7-14)20(23)24/h6-9,13H,1-5,10-12H2,(H,18,22)(H,19,21). The van der Waals surface area contributed by atoms with Crippen molar-refractivity contribution >= 4 is 17.5 Å². The Balaban J connectivity index is 1.66. The highest BCUT2D eigenvalue weighted by molar-refractivity contribution is 5.94. The van der Waals surface area contributed by atoms with Gasteiger partial charge >= 0.3 is 0 Å². The van der Waals surface area contributed by atoms with Crippen molar-refractivity contribution in [3.63, 3.8) is 0 Å². The van der Waals surface area contributed by atoms with Crippen LogP contribution in [0.1, 0.15) is 48.9 Å². The molecule has 2 amide bonds. The zero-order chi connectivity index (χ0) is 17.4. The van der Waals surface area contributed by atoms with Crippen LogP contribution in [0, 0.1) is 16.0 Å². The third-order valence-electron chi connectivity index (χ3n) is 4.29. The molecule has 1 fully saturated rings. The first-order valence-corrected chi connectivity index (χ1v) is 8.35. The molecule has 1 aliphatic carbocycles. The Hall–Kier alpha value is -2.44. The van der Waals surface area contributed by atoms with Gasteiger partial charge in [0.1, 0.15) is 0 Å². The lowest BCUT2D eigenvalue weighted by atomic mass is 9.89. The lowest BCUT2D eigenvalue weighted by Gasteiger charge is -2.21. The van der Waals surface area contributed by atoms with Gasteiger partial charge in [0.15, 0.2) is 0 Å². The Labute approximate surface area is 141 Å². The summed E-state index contributed by atoms with van der Waals surface area (Å²) < 4.78 is 0. The van der Waals surface area contributed by atoms with Gasteiger partial charge in [-0.15, -0.1) is 0 Å². The number of rotatable bonds is 7. The lowest BCUT2D eigenvalue weighted by Crippen LogP contribution is -2.33. The third-order valence-corrected chi connectivity index (χ3v) is 4.29. The van der Waals surface area contributed by atoms with Crippen molar-refractivity contribution in [1.82, 2.24) is 10.6 Å². The molecule has 0 aromatic heterocycles. The number of nitrogens with one attached hydrogen (secondary N) is 2. The molecule has 1 saturated carbocycles. The van der Waals surface area contributed by atoms with E-state index in [0.29, 0.717) is 11.5 Å². The van der Waals surface area contributed by atoms with Gasteiger partial charge in [0.25, 0.3) is 11.6 Å². The second-order valence-corrected chi connectivity index (χ2v) is 6.12. The van der Waals surface area contributed by atoms with Gasteiger partial charge in [-0.25, -0.2) is 0 Å². The van der Waals surface area contributed by atoms with Crippen LogP contribution in [0.2, 0.25) is 0 Å². The smallest absolute Gasteiger partial charge is 0.269 e. The van der Waals surface area contributed by atoms with Gasteiger partial charge in [-0.1, -0.05) is 19.3 Å². The van der Waals surface area contributed by atoms with E-state index in [1.54, 1.807) is 0 Å². The monoisotopic (exact) mass is 333 g/mol. The van der Waals surface area contributed by atoms with E-state index in [1.165, 1.54) is 56.4 Å². The summed E-state index contributed by atoms with van der Waals surface area (Å²) in [5, 5.41) is 16.1. The Morgan fingerprint density at radius 1 is 1.08 bits per heavy atom. The van der Waals surface area contributed by atoms with Crippen molar-refractivity contribution < 1.29 is 14.5 Å². The Morgan fingerprint density at radius 3 is 2.38 bits per heavy atom. The van der Waals surface area contributed by atoms with Crippen LogP contribution in [-0.2, 0) is 4.79 Å². The summed E-state index contributed by atoms with van der Waals surface area (Å²) in [4.78, 5) is 33.7.